The van der Waals surface area contributed by atoms with Crippen molar-refractivity contribution in [2.24, 2.45) is 0 Å². The Morgan fingerprint density at radius 3 is 2.78 bits per heavy atom. The van der Waals surface area contributed by atoms with Crippen LogP contribution in [0.3, 0.4) is 0 Å². The lowest BCUT2D eigenvalue weighted by atomic mass is 10.3. The lowest BCUT2D eigenvalue weighted by molar-refractivity contribution is 0.714. The topological polar surface area (TPSA) is 12.0 Å². The van der Waals surface area contributed by atoms with Gasteiger partial charge in [0.15, 0.2) is 0 Å². The first-order chi connectivity index (χ1) is 4.31. The molecule has 0 aromatic carbocycles. The van der Waals surface area contributed by atoms with Gasteiger partial charge in [0.2, 0.25) is 0 Å². The molecule has 1 N–H and O–H groups in total. The van der Waals surface area contributed by atoms with Gasteiger partial charge in [-0.2, -0.15) is 0 Å². The third-order valence-electron chi connectivity index (χ3n) is 1.02. The van der Waals surface area contributed by atoms with Crippen LogP contribution in [0.15, 0.2) is 11.1 Å². The molecule has 0 saturated heterocycles. The van der Waals surface area contributed by atoms with E-state index in [-0.39, 0.29) is 0 Å². The predicted molar refractivity (Wildman–Crippen MR) is 42.8 cm³/mol. The van der Waals surface area contributed by atoms with E-state index in [2.05, 4.69) is 12.2 Å². The lowest BCUT2D eigenvalue weighted by Crippen LogP contribution is -2.16. The molecule has 0 bridgehead atoms. The summed E-state index contributed by atoms with van der Waals surface area (Å²) in [6.45, 7) is 6.14. The van der Waals surface area contributed by atoms with Crippen molar-refractivity contribution < 1.29 is 0 Å². The van der Waals surface area contributed by atoms with E-state index >= 15 is 0 Å². The van der Waals surface area contributed by atoms with Crippen LogP contribution in [0.2, 0.25) is 0 Å². The number of nitrogens with one attached hydrogen (secondary N) is 1. The maximum atomic E-state index is 5.43. The average molecular weight is 148 g/mol. The second kappa shape index (κ2) is 6.12. The normalized spacial score (nSPS) is 12.1. The van der Waals surface area contributed by atoms with Gasteiger partial charge < -0.3 is 5.32 Å². The van der Waals surface area contributed by atoms with E-state index in [0.717, 1.165) is 13.1 Å². The van der Waals surface area contributed by atoms with Gasteiger partial charge in [-0.25, -0.2) is 0 Å². The van der Waals surface area contributed by atoms with Gasteiger partial charge in [-0.05, 0) is 25.5 Å². The maximum Gasteiger partial charge on any atom is 0.0173 e. The minimum absolute atomic E-state index is 0.914. The van der Waals surface area contributed by atoms with Crippen molar-refractivity contribution in [3.05, 3.63) is 11.1 Å². The third-order valence-corrected chi connectivity index (χ3v) is 1.39. The highest BCUT2D eigenvalue weighted by Gasteiger charge is 1.84. The van der Waals surface area contributed by atoms with Crippen molar-refractivity contribution in [2.45, 2.75) is 20.3 Å². The van der Waals surface area contributed by atoms with Crippen molar-refractivity contribution in [2.75, 3.05) is 13.1 Å². The smallest absolute Gasteiger partial charge is 0.0173 e. The molecule has 0 aromatic rings. The first-order valence-electron chi connectivity index (χ1n) is 3.27. The van der Waals surface area contributed by atoms with E-state index in [1.807, 2.05) is 6.92 Å². The summed E-state index contributed by atoms with van der Waals surface area (Å²) in [6, 6.07) is 0. The van der Waals surface area contributed by atoms with Gasteiger partial charge >= 0.3 is 0 Å². The van der Waals surface area contributed by atoms with E-state index in [4.69, 9.17) is 11.6 Å². The molecular weight excluding hydrogens is 134 g/mol. The minimum Gasteiger partial charge on any atom is -0.313 e. The van der Waals surface area contributed by atoms with E-state index < -0.39 is 0 Å². The molecule has 0 heterocycles. The van der Waals surface area contributed by atoms with Gasteiger partial charge in [0.1, 0.15) is 0 Å². The van der Waals surface area contributed by atoms with Crippen LogP contribution in [0.25, 0.3) is 0 Å². The summed E-state index contributed by atoms with van der Waals surface area (Å²) in [4.78, 5) is 0. The Kier molecular flexibility index (Phi) is 6.11. The zero-order chi connectivity index (χ0) is 7.11. The van der Waals surface area contributed by atoms with E-state index in [1.54, 1.807) is 5.54 Å². The van der Waals surface area contributed by atoms with Gasteiger partial charge in [0.25, 0.3) is 0 Å². The minimum atomic E-state index is 0.914. The van der Waals surface area contributed by atoms with Crippen molar-refractivity contribution in [1.29, 1.82) is 0 Å². The van der Waals surface area contributed by atoms with Crippen LogP contribution in [0.1, 0.15) is 20.3 Å². The summed E-state index contributed by atoms with van der Waals surface area (Å²) in [6.07, 6.45) is 1.18. The standard InChI is InChI=1S/C7H14ClN/c1-3-4-9-6-7(2)5-8/h5,9H,3-4,6H2,1-2H3. The molecule has 0 aliphatic carbocycles. The molecule has 1 nitrogen and oxygen atoms in total. The summed E-state index contributed by atoms with van der Waals surface area (Å²) < 4.78 is 0. The SMILES string of the molecule is CCCNCC(C)=CCl. The molecule has 54 valence electrons. The summed E-state index contributed by atoms with van der Waals surface area (Å²) in [7, 11) is 0. The summed E-state index contributed by atoms with van der Waals surface area (Å²) in [5.74, 6) is 0. The maximum absolute atomic E-state index is 5.43. The Labute approximate surface area is 62.1 Å². The van der Waals surface area contributed by atoms with Crippen LogP contribution in [0.5, 0.6) is 0 Å². The molecule has 9 heavy (non-hydrogen) atoms. The number of halogens is 1. The molecule has 0 fully saturated rings. The Balaban J connectivity index is 3.07. The summed E-state index contributed by atoms with van der Waals surface area (Å²) in [5, 5.41) is 3.23. The number of hydrogen-bond acceptors (Lipinski definition) is 1. The molecule has 2 heteroatoms. The first kappa shape index (κ1) is 8.99. The van der Waals surface area contributed by atoms with Crippen LogP contribution >= 0.6 is 11.6 Å². The zero-order valence-corrected chi connectivity index (χ0v) is 6.83. The van der Waals surface area contributed by atoms with Gasteiger partial charge in [-0.1, -0.05) is 18.5 Å². The molecule has 0 spiro atoms. The monoisotopic (exact) mass is 147 g/mol. The third kappa shape index (κ3) is 5.87. The van der Waals surface area contributed by atoms with Gasteiger partial charge in [-0.15, -0.1) is 0 Å². The lowest BCUT2D eigenvalue weighted by Gasteiger charge is -1.99. The Morgan fingerprint density at radius 2 is 2.33 bits per heavy atom. The van der Waals surface area contributed by atoms with E-state index in [0.29, 0.717) is 0 Å². The van der Waals surface area contributed by atoms with Crippen LogP contribution in [0, 0.1) is 0 Å². The molecule has 0 amide bonds. The predicted octanol–water partition coefficient (Wildman–Crippen LogP) is 2.13. The number of rotatable bonds is 4. The zero-order valence-electron chi connectivity index (χ0n) is 6.08. The van der Waals surface area contributed by atoms with Crippen LogP contribution in [-0.4, -0.2) is 13.1 Å². The fourth-order valence-electron chi connectivity index (χ4n) is 0.501. The largest absolute Gasteiger partial charge is 0.313 e. The van der Waals surface area contributed by atoms with Gasteiger partial charge in [0.05, 0.1) is 0 Å². The van der Waals surface area contributed by atoms with Crippen molar-refractivity contribution >= 4 is 11.6 Å². The molecule has 0 rings (SSSR count). The highest BCUT2D eigenvalue weighted by Crippen LogP contribution is 1.91. The highest BCUT2D eigenvalue weighted by molar-refractivity contribution is 6.25. The Bertz CT molecular complexity index is 88.9. The molecule has 0 aliphatic heterocycles. The Morgan fingerprint density at radius 1 is 1.67 bits per heavy atom. The molecule has 0 atom stereocenters. The molecule has 0 aliphatic rings. The van der Waals surface area contributed by atoms with Gasteiger partial charge in [0, 0.05) is 12.1 Å². The first-order valence-corrected chi connectivity index (χ1v) is 3.71. The van der Waals surface area contributed by atoms with Gasteiger partial charge in [-0.3, -0.25) is 0 Å². The second-order valence-electron chi connectivity index (χ2n) is 2.13. The van der Waals surface area contributed by atoms with Crippen LogP contribution < -0.4 is 5.32 Å². The van der Waals surface area contributed by atoms with Crippen LogP contribution in [-0.2, 0) is 0 Å². The molecular formula is C7H14ClN. The van der Waals surface area contributed by atoms with Crippen molar-refractivity contribution in [1.82, 2.24) is 5.32 Å². The second-order valence-corrected chi connectivity index (χ2v) is 2.35. The number of hydrogen-bond donors (Lipinski definition) is 1. The van der Waals surface area contributed by atoms with Crippen LogP contribution in [0.4, 0.5) is 0 Å². The fraction of sp³-hybridized carbons (Fsp3) is 0.714. The summed E-state index contributed by atoms with van der Waals surface area (Å²) in [5.41, 5.74) is 2.80. The quantitative estimate of drug-likeness (QED) is 0.601. The average Bonchev–Trinajstić information content (AvgIpc) is 1.89. The van der Waals surface area contributed by atoms with Crippen molar-refractivity contribution in [3.63, 3.8) is 0 Å². The van der Waals surface area contributed by atoms with Crippen molar-refractivity contribution in [3.8, 4) is 0 Å². The summed E-state index contributed by atoms with van der Waals surface area (Å²) >= 11 is 5.43. The molecule has 0 saturated carbocycles. The molecule has 0 aromatic heterocycles. The van der Waals surface area contributed by atoms with E-state index in [9.17, 15) is 0 Å². The highest BCUT2D eigenvalue weighted by atomic mass is 35.5. The Hall–Kier alpha value is -0.0100. The molecule has 0 unspecified atom stereocenters. The fourth-order valence-corrected chi connectivity index (χ4v) is 0.578. The van der Waals surface area contributed by atoms with E-state index in [1.165, 1.54) is 12.0 Å². The molecule has 0 radical (unpaired) electrons.